The molecule has 0 amide bonds. The molecule has 0 saturated heterocycles. The molecule has 0 aliphatic heterocycles. The van der Waals surface area contributed by atoms with Gasteiger partial charge >= 0.3 is 0 Å². The molecule has 6 nitrogen and oxygen atoms in total. The second kappa shape index (κ2) is 3.73. The van der Waals surface area contributed by atoms with Gasteiger partial charge in [-0.3, -0.25) is 10.1 Å². The van der Waals surface area contributed by atoms with Gasteiger partial charge in [0.1, 0.15) is 0 Å². The molecule has 2 rings (SSSR count). The Labute approximate surface area is 91.1 Å². The maximum atomic E-state index is 10.6. The number of nitro benzene ring substituents is 1. The molecular formula is C10H9N3O3. The van der Waals surface area contributed by atoms with Crippen molar-refractivity contribution in [2.24, 2.45) is 0 Å². The van der Waals surface area contributed by atoms with Crippen LogP contribution in [-0.4, -0.2) is 15.1 Å². The van der Waals surface area contributed by atoms with Crippen LogP contribution in [0, 0.1) is 24.0 Å². The molecule has 16 heavy (non-hydrogen) atoms. The van der Waals surface area contributed by atoms with Crippen LogP contribution in [0.2, 0.25) is 0 Å². The van der Waals surface area contributed by atoms with Crippen molar-refractivity contribution in [1.29, 1.82) is 0 Å². The highest BCUT2D eigenvalue weighted by atomic mass is 16.6. The summed E-state index contributed by atoms with van der Waals surface area (Å²) >= 11 is 0. The summed E-state index contributed by atoms with van der Waals surface area (Å²) in [5.41, 5.74) is 1.46. The minimum absolute atomic E-state index is 0.0106. The van der Waals surface area contributed by atoms with Gasteiger partial charge < -0.3 is 4.52 Å². The largest absolute Gasteiger partial charge is 0.334 e. The molecule has 0 aliphatic rings. The fourth-order valence-electron chi connectivity index (χ4n) is 1.36. The van der Waals surface area contributed by atoms with Crippen LogP contribution in [0.25, 0.3) is 11.5 Å². The topological polar surface area (TPSA) is 82.1 Å². The summed E-state index contributed by atoms with van der Waals surface area (Å²) in [6.07, 6.45) is 0. The maximum absolute atomic E-state index is 10.6. The highest BCUT2D eigenvalue weighted by Crippen LogP contribution is 2.26. The van der Waals surface area contributed by atoms with Crippen LogP contribution in [0.4, 0.5) is 5.69 Å². The fraction of sp³-hybridized carbons (Fsp3) is 0.200. The van der Waals surface area contributed by atoms with Gasteiger partial charge in [-0.25, -0.2) is 0 Å². The Morgan fingerprint density at radius 2 is 2.12 bits per heavy atom. The number of aromatic nitrogens is 2. The number of aryl methyl sites for hydroxylation is 2. The van der Waals surface area contributed by atoms with Crippen molar-refractivity contribution in [3.63, 3.8) is 0 Å². The Hall–Kier alpha value is -2.24. The minimum Gasteiger partial charge on any atom is -0.334 e. The van der Waals surface area contributed by atoms with E-state index in [9.17, 15) is 10.1 Å². The van der Waals surface area contributed by atoms with E-state index in [0.717, 1.165) is 5.56 Å². The zero-order chi connectivity index (χ0) is 11.7. The second-order valence-electron chi connectivity index (χ2n) is 3.40. The highest BCUT2D eigenvalue weighted by molar-refractivity contribution is 5.62. The molecule has 0 saturated carbocycles. The van der Waals surface area contributed by atoms with Gasteiger partial charge in [0.25, 0.3) is 11.6 Å². The predicted octanol–water partition coefficient (Wildman–Crippen LogP) is 2.26. The molecule has 0 unspecified atom stereocenters. The fourth-order valence-corrected chi connectivity index (χ4v) is 1.36. The molecule has 0 N–H and O–H groups in total. The number of hydrogen-bond donors (Lipinski definition) is 0. The van der Waals surface area contributed by atoms with Gasteiger partial charge in [0.05, 0.1) is 4.92 Å². The first-order valence-electron chi connectivity index (χ1n) is 4.63. The van der Waals surface area contributed by atoms with Crippen LogP contribution >= 0.6 is 0 Å². The van der Waals surface area contributed by atoms with Crippen molar-refractivity contribution in [3.05, 3.63) is 39.7 Å². The molecule has 82 valence electrons. The number of non-ortho nitro benzene ring substituents is 1. The van der Waals surface area contributed by atoms with E-state index in [1.165, 1.54) is 12.1 Å². The number of hydrogen-bond acceptors (Lipinski definition) is 5. The standard InChI is InChI=1S/C10H9N3O3/c1-6-3-4-8(13(14)15)5-9(6)10-11-7(2)12-16-10/h3-5H,1-2H3. The molecule has 0 fully saturated rings. The summed E-state index contributed by atoms with van der Waals surface area (Å²) in [6, 6.07) is 4.54. The SMILES string of the molecule is Cc1noc(-c2cc([N+](=O)[O-])ccc2C)n1. The molecule has 1 aromatic heterocycles. The summed E-state index contributed by atoms with van der Waals surface area (Å²) in [6.45, 7) is 3.53. The van der Waals surface area contributed by atoms with Crippen molar-refractivity contribution in [2.45, 2.75) is 13.8 Å². The third kappa shape index (κ3) is 1.77. The van der Waals surface area contributed by atoms with Crippen LogP contribution < -0.4 is 0 Å². The van der Waals surface area contributed by atoms with Crippen LogP contribution in [0.15, 0.2) is 22.7 Å². The van der Waals surface area contributed by atoms with Gasteiger partial charge in [0.15, 0.2) is 5.82 Å². The summed E-state index contributed by atoms with van der Waals surface area (Å²) in [7, 11) is 0. The summed E-state index contributed by atoms with van der Waals surface area (Å²) in [5.74, 6) is 0.805. The van der Waals surface area contributed by atoms with E-state index in [0.29, 0.717) is 17.3 Å². The molecule has 1 aromatic carbocycles. The quantitative estimate of drug-likeness (QED) is 0.571. The Morgan fingerprint density at radius 1 is 1.38 bits per heavy atom. The van der Waals surface area contributed by atoms with Gasteiger partial charge in [0.2, 0.25) is 0 Å². The first-order chi connectivity index (χ1) is 7.58. The lowest BCUT2D eigenvalue weighted by Crippen LogP contribution is -1.90. The molecule has 1 heterocycles. The van der Waals surface area contributed by atoms with E-state index in [-0.39, 0.29) is 5.69 Å². The van der Waals surface area contributed by atoms with Crippen molar-refractivity contribution in [1.82, 2.24) is 10.1 Å². The number of nitro groups is 1. The van der Waals surface area contributed by atoms with Gasteiger partial charge in [0, 0.05) is 17.7 Å². The van der Waals surface area contributed by atoms with Gasteiger partial charge in [-0.2, -0.15) is 4.98 Å². The van der Waals surface area contributed by atoms with E-state index in [4.69, 9.17) is 4.52 Å². The molecule has 0 aliphatic carbocycles. The lowest BCUT2D eigenvalue weighted by Gasteiger charge is -1.99. The molecule has 0 spiro atoms. The van der Waals surface area contributed by atoms with Crippen LogP contribution in [0.3, 0.4) is 0 Å². The smallest absolute Gasteiger partial charge is 0.270 e. The maximum Gasteiger partial charge on any atom is 0.270 e. The van der Waals surface area contributed by atoms with Crippen LogP contribution in [-0.2, 0) is 0 Å². The Morgan fingerprint density at radius 3 is 2.69 bits per heavy atom. The summed E-state index contributed by atoms with van der Waals surface area (Å²) < 4.78 is 4.98. The Kier molecular flexibility index (Phi) is 2.40. The molecule has 2 aromatic rings. The van der Waals surface area contributed by atoms with Crippen LogP contribution in [0.1, 0.15) is 11.4 Å². The molecule has 0 atom stereocenters. The zero-order valence-electron chi connectivity index (χ0n) is 8.80. The van der Waals surface area contributed by atoms with E-state index >= 15 is 0 Å². The van der Waals surface area contributed by atoms with Crippen molar-refractivity contribution in [3.8, 4) is 11.5 Å². The number of benzene rings is 1. The lowest BCUT2D eigenvalue weighted by molar-refractivity contribution is -0.384. The Bertz CT molecular complexity index is 548. The molecular weight excluding hydrogens is 210 g/mol. The lowest BCUT2D eigenvalue weighted by atomic mass is 10.1. The third-order valence-corrected chi connectivity index (χ3v) is 2.19. The normalized spacial score (nSPS) is 10.4. The highest BCUT2D eigenvalue weighted by Gasteiger charge is 2.14. The molecule has 6 heteroatoms. The Balaban J connectivity index is 2.55. The van der Waals surface area contributed by atoms with Gasteiger partial charge in [-0.15, -0.1) is 0 Å². The van der Waals surface area contributed by atoms with E-state index in [1.54, 1.807) is 13.0 Å². The summed E-state index contributed by atoms with van der Waals surface area (Å²) in [5, 5.41) is 14.3. The average Bonchev–Trinajstić information content (AvgIpc) is 2.65. The number of rotatable bonds is 2. The van der Waals surface area contributed by atoms with Crippen molar-refractivity contribution < 1.29 is 9.45 Å². The van der Waals surface area contributed by atoms with E-state index < -0.39 is 4.92 Å². The first-order valence-corrected chi connectivity index (χ1v) is 4.63. The van der Waals surface area contributed by atoms with Gasteiger partial charge in [-0.05, 0) is 19.4 Å². The second-order valence-corrected chi connectivity index (χ2v) is 3.40. The van der Waals surface area contributed by atoms with Crippen LogP contribution in [0.5, 0.6) is 0 Å². The third-order valence-electron chi connectivity index (χ3n) is 2.19. The average molecular weight is 219 g/mol. The van der Waals surface area contributed by atoms with Crippen molar-refractivity contribution >= 4 is 5.69 Å². The number of nitrogens with zero attached hydrogens (tertiary/aromatic N) is 3. The van der Waals surface area contributed by atoms with Crippen molar-refractivity contribution in [2.75, 3.05) is 0 Å². The molecule has 0 radical (unpaired) electrons. The van der Waals surface area contributed by atoms with Gasteiger partial charge in [-0.1, -0.05) is 11.2 Å². The van der Waals surface area contributed by atoms with E-state index in [1.807, 2.05) is 6.92 Å². The zero-order valence-corrected chi connectivity index (χ0v) is 8.80. The predicted molar refractivity (Wildman–Crippen MR) is 55.9 cm³/mol. The minimum atomic E-state index is -0.452. The van der Waals surface area contributed by atoms with E-state index in [2.05, 4.69) is 10.1 Å². The molecule has 0 bridgehead atoms. The first kappa shape index (κ1) is 10.3. The monoisotopic (exact) mass is 219 g/mol. The summed E-state index contributed by atoms with van der Waals surface area (Å²) in [4.78, 5) is 14.2.